The van der Waals surface area contributed by atoms with E-state index in [0.29, 0.717) is 37.0 Å². The summed E-state index contributed by atoms with van der Waals surface area (Å²) in [7, 11) is 1.41. The average Bonchev–Trinajstić information content (AvgIpc) is 3.77. The smallest absolute Gasteiger partial charge is 0.416 e. The molecule has 2 fully saturated rings. The van der Waals surface area contributed by atoms with Crippen molar-refractivity contribution >= 4 is 11.2 Å². The van der Waals surface area contributed by atoms with Crippen molar-refractivity contribution in [1.82, 2.24) is 24.5 Å². The van der Waals surface area contributed by atoms with Crippen LogP contribution in [-0.4, -0.2) is 38.2 Å². The first-order valence-corrected chi connectivity index (χ1v) is 12.9. The first kappa shape index (κ1) is 26.3. The minimum absolute atomic E-state index is 0.0300. The highest BCUT2D eigenvalue weighted by atomic mass is 19.4. The lowest BCUT2D eigenvalue weighted by atomic mass is 9.91. The molecule has 1 aromatic carbocycles. The Labute approximate surface area is 226 Å². The topological polar surface area (TPSA) is 92.0 Å². The van der Waals surface area contributed by atoms with Gasteiger partial charge in [-0.25, -0.2) is 24.3 Å². The molecule has 1 saturated carbocycles. The van der Waals surface area contributed by atoms with Crippen molar-refractivity contribution in [2.75, 3.05) is 13.7 Å². The molecule has 208 valence electrons. The molecule has 0 radical (unpaired) electrons. The van der Waals surface area contributed by atoms with Gasteiger partial charge in [-0.3, -0.25) is 4.79 Å². The number of alkyl halides is 3. The predicted octanol–water partition coefficient (Wildman–Crippen LogP) is 5.69. The van der Waals surface area contributed by atoms with Gasteiger partial charge in [0.15, 0.2) is 5.65 Å². The summed E-state index contributed by atoms with van der Waals surface area (Å²) >= 11 is 0. The van der Waals surface area contributed by atoms with E-state index in [1.807, 2.05) is 6.20 Å². The number of aromatic nitrogens is 5. The molecule has 4 heterocycles. The Morgan fingerprint density at radius 1 is 1.05 bits per heavy atom. The SMILES string of the molecule is COc1nc2c(-c3ccc(C(F)(F)F)cc3F)nc(C3CCOC(c4ccc(=O)n(C5CC5)c4)C3)nc2nc1C. The van der Waals surface area contributed by atoms with E-state index in [1.165, 1.54) is 7.11 Å². The van der Waals surface area contributed by atoms with Crippen LogP contribution in [0.4, 0.5) is 17.6 Å². The van der Waals surface area contributed by atoms with Gasteiger partial charge in [-0.15, -0.1) is 0 Å². The Morgan fingerprint density at radius 3 is 2.55 bits per heavy atom. The summed E-state index contributed by atoms with van der Waals surface area (Å²) in [5.74, 6) is -0.766. The number of nitrogens with zero attached hydrogens (tertiary/aromatic N) is 5. The Balaban J connectivity index is 1.43. The molecule has 8 nitrogen and oxygen atoms in total. The maximum absolute atomic E-state index is 15.2. The number of fused-ring (bicyclic) bond motifs is 1. The van der Waals surface area contributed by atoms with Crippen LogP contribution in [0.5, 0.6) is 5.88 Å². The zero-order valence-corrected chi connectivity index (χ0v) is 21.7. The number of pyridine rings is 1. The van der Waals surface area contributed by atoms with Crippen LogP contribution in [0.25, 0.3) is 22.4 Å². The van der Waals surface area contributed by atoms with Crippen LogP contribution >= 0.6 is 0 Å². The van der Waals surface area contributed by atoms with E-state index in [4.69, 9.17) is 9.47 Å². The second kappa shape index (κ2) is 9.92. The predicted molar refractivity (Wildman–Crippen MR) is 136 cm³/mol. The fraction of sp³-hybridized carbons (Fsp3) is 0.393. The van der Waals surface area contributed by atoms with Gasteiger partial charge < -0.3 is 14.0 Å². The summed E-state index contributed by atoms with van der Waals surface area (Å²) < 4.78 is 67.9. The number of halogens is 4. The summed E-state index contributed by atoms with van der Waals surface area (Å²) in [5, 5.41) is 0. The standard InChI is InChI=1S/C28H25F4N5O3/c1-14-27(39-2)35-24-23(19-7-4-17(12-20(19)29)28(30,31)32)34-25(36-26(24)33-14)15-9-10-40-21(11-15)16-3-8-22(38)37(13-16)18-5-6-18/h3-4,7-8,12-13,15,18,21H,5-6,9-11H2,1-2H3. The lowest BCUT2D eigenvalue weighted by molar-refractivity contribution is -0.137. The largest absolute Gasteiger partial charge is 0.480 e. The lowest BCUT2D eigenvalue weighted by Crippen LogP contribution is -2.23. The van der Waals surface area contributed by atoms with Gasteiger partial charge >= 0.3 is 6.18 Å². The number of methoxy groups -OCH3 is 1. The normalized spacial score (nSPS) is 19.6. The average molecular weight is 556 g/mol. The highest BCUT2D eigenvalue weighted by Crippen LogP contribution is 2.40. The van der Waals surface area contributed by atoms with Crippen LogP contribution in [0.1, 0.15) is 66.4 Å². The quantitative estimate of drug-likeness (QED) is 0.292. The number of aryl methyl sites for hydroxylation is 1. The molecule has 1 aliphatic carbocycles. The molecule has 0 spiro atoms. The number of hydrogen-bond acceptors (Lipinski definition) is 7. The Morgan fingerprint density at radius 2 is 1.85 bits per heavy atom. The van der Waals surface area contributed by atoms with Crippen LogP contribution < -0.4 is 10.3 Å². The second-order valence-electron chi connectivity index (χ2n) is 10.1. The van der Waals surface area contributed by atoms with Crippen LogP contribution in [0.2, 0.25) is 0 Å². The maximum Gasteiger partial charge on any atom is 0.416 e. The molecule has 0 N–H and O–H groups in total. The minimum atomic E-state index is -4.70. The van der Waals surface area contributed by atoms with E-state index in [-0.39, 0.29) is 51.9 Å². The third kappa shape index (κ3) is 4.91. The molecule has 3 aromatic heterocycles. The van der Waals surface area contributed by atoms with Gasteiger partial charge in [-0.2, -0.15) is 13.2 Å². The lowest BCUT2D eigenvalue weighted by Gasteiger charge is -2.29. The maximum atomic E-state index is 15.2. The Bertz CT molecular complexity index is 1670. The van der Waals surface area contributed by atoms with Crippen molar-refractivity contribution in [2.45, 2.75) is 56.8 Å². The van der Waals surface area contributed by atoms with Gasteiger partial charge in [0.05, 0.1) is 18.8 Å². The first-order chi connectivity index (χ1) is 19.1. The zero-order valence-electron chi connectivity index (χ0n) is 21.7. The summed E-state index contributed by atoms with van der Waals surface area (Å²) in [6.45, 7) is 2.08. The van der Waals surface area contributed by atoms with Crippen LogP contribution in [0, 0.1) is 12.7 Å². The van der Waals surface area contributed by atoms with E-state index in [9.17, 15) is 18.0 Å². The van der Waals surface area contributed by atoms with Crippen molar-refractivity contribution in [1.29, 1.82) is 0 Å². The minimum Gasteiger partial charge on any atom is -0.480 e. The molecule has 12 heteroatoms. The van der Waals surface area contributed by atoms with E-state index >= 15 is 4.39 Å². The molecular weight excluding hydrogens is 530 g/mol. The number of hydrogen-bond donors (Lipinski definition) is 0. The number of rotatable bonds is 5. The van der Waals surface area contributed by atoms with Crippen molar-refractivity contribution in [3.8, 4) is 17.1 Å². The molecule has 6 rings (SSSR count). The highest BCUT2D eigenvalue weighted by Gasteiger charge is 2.33. The van der Waals surface area contributed by atoms with E-state index in [0.717, 1.165) is 30.5 Å². The summed E-state index contributed by atoms with van der Waals surface area (Å²) in [6.07, 6.45) is -0.170. The molecule has 0 bridgehead atoms. The molecule has 0 amide bonds. The monoisotopic (exact) mass is 555 g/mol. The fourth-order valence-electron chi connectivity index (χ4n) is 5.09. The van der Waals surface area contributed by atoms with Crippen LogP contribution in [-0.2, 0) is 10.9 Å². The number of benzene rings is 1. The summed E-state index contributed by atoms with van der Waals surface area (Å²) in [6, 6.07) is 5.83. The van der Waals surface area contributed by atoms with E-state index in [2.05, 4.69) is 19.9 Å². The first-order valence-electron chi connectivity index (χ1n) is 12.9. The molecular formula is C28H25F4N5O3. The van der Waals surface area contributed by atoms with Gasteiger partial charge in [0.1, 0.15) is 28.5 Å². The Hall–Kier alpha value is -3.93. The van der Waals surface area contributed by atoms with Gasteiger partial charge in [0.2, 0.25) is 5.88 Å². The summed E-state index contributed by atoms with van der Waals surface area (Å²) in [4.78, 5) is 30.5. The molecule has 2 atom stereocenters. The highest BCUT2D eigenvalue weighted by molar-refractivity contribution is 5.87. The van der Waals surface area contributed by atoms with Gasteiger partial charge in [-0.1, -0.05) is 0 Å². The Kier molecular flexibility index (Phi) is 6.52. The molecule has 2 unspecified atom stereocenters. The zero-order chi connectivity index (χ0) is 28.2. The third-order valence-electron chi connectivity index (χ3n) is 7.35. The number of ether oxygens (including phenoxy) is 2. The molecule has 1 aliphatic heterocycles. The fourth-order valence-corrected chi connectivity index (χ4v) is 5.09. The van der Waals surface area contributed by atoms with Crippen LogP contribution in [0.15, 0.2) is 41.3 Å². The molecule has 1 saturated heterocycles. The third-order valence-corrected chi connectivity index (χ3v) is 7.35. The van der Waals surface area contributed by atoms with Gasteiger partial charge in [0, 0.05) is 36.4 Å². The molecule has 40 heavy (non-hydrogen) atoms. The van der Waals surface area contributed by atoms with Crippen LogP contribution in [0.3, 0.4) is 0 Å². The van der Waals surface area contributed by atoms with Gasteiger partial charge in [-0.05, 0) is 62.4 Å². The second-order valence-corrected chi connectivity index (χ2v) is 10.1. The van der Waals surface area contributed by atoms with E-state index < -0.39 is 17.6 Å². The van der Waals surface area contributed by atoms with Crippen molar-refractivity contribution < 1.29 is 27.0 Å². The van der Waals surface area contributed by atoms with Crippen molar-refractivity contribution in [2.24, 2.45) is 0 Å². The molecule has 2 aliphatic rings. The van der Waals surface area contributed by atoms with Crippen molar-refractivity contribution in [3.05, 3.63) is 75.3 Å². The van der Waals surface area contributed by atoms with Gasteiger partial charge in [0.25, 0.3) is 5.56 Å². The molecule has 4 aromatic rings. The van der Waals surface area contributed by atoms with Crippen molar-refractivity contribution in [3.63, 3.8) is 0 Å². The van der Waals surface area contributed by atoms with E-state index in [1.54, 1.807) is 23.6 Å². The summed E-state index contributed by atoms with van der Waals surface area (Å²) in [5.41, 5.74) is 0.338.